The summed E-state index contributed by atoms with van der Waals surface area (Å²) in [5.74, 6) is 0.616. The van der Waals surface area contributed by atoms with Crippen LogP contribution in [0.3, 0.4) is 0 Å². The molecule has 1 heterocycles. The van der Waals surface area contributed by atoms with Gasteiger partial charge in [0.2, 0.25) is 0 Å². The highest BCUT2D eigenvalue weighted by Crippen LogP contribution is 2.09. The summed E-state index contributed by atoms with van der Waals surface area (Å²) in [4.78, 5) is 16.1. The summed E-state index contributed by atoms with van der Waals surface area (Å²) in [6.07, 6.45) is 1.57. The fraction of sp³-hybridized carbons (Fsp3) is 0.143. The molecule has 0 unspecified atom stereocenters. The lowest BCUT2D eigenvalue weighted by atomic mass is 10.2. The molecule has 92 valence electrons. The highest BCUT2D eigenvalue weighted by atomic mass is 16.1. The molecule has 0 aliphatic rings. The molecular formula is C14H15N3O. The number of carbonyl (C=O) groups is 1. The van der Waals surface area contributed by atoms with E-state index in [9.17, 15) is 4.79 Å². The van der Waals surface area contributed by atoms with Crippen molar-refractivity contribution >= 4 is 17.4 Å². The summed E-state index contributed by atoms with van der Waals surface area (Å²) >= 11 is 0. The van der Waals surface area contributed by atoms with E-state index in [1.807, 2.05) is 37.3 Å². The lowest BCUT2D eigenvalue weighted by Crippen LogP contribution is -2.12. The van der Waals surface area contributed by atoms with Gasteiger partial charge in [-0.3, -0.25) is 4.79 Å². The van der Waals surface area contributed by atoms with Crippen LogP contribution in [0.5, 0.6) is 0 Å². The van der Waals surface area contributed by atoms with Gasteiger partial charge in [0.1, 0.15) is 5.82 Å². The first-order chi connectivity index (χ1) is 8.79. The molecule has 0 bridgehead atoms. The second kappa shape index (κ2) is 5.82. The fourth-order valence-electron chi connectivity index (χ4n) is 1.54. The number of nitrogens with one attached hydrogen (secondary N) is 2. The fourth-order valence-corrected chi connectivity index (χ4v) is 1.54. The number of carbonyl (C=O) groups excluding carboxylic acids is 1. The second-order valence-corrected chi connectivity index (χ2v) is 3.78. The minimum Gasteiger partial charge on any atom is -0.370 e. The van der Waals surface area contributed by atoms with Crippen molar-refractivity contribution in [3.05, 3.63) is 54.2 Å². The first-order valence-corrected chi connectivity index (χ1v) is 5.86. The van der Waals surface area contributed by atoms with Crippen LogP contribution in [0.1, 0.15) is 17.3 Å². The quantitative estimate of drug-likeness (QED) is 0.865. The van der Waals surface area contributed by atoms with Gasteiger partial charge < -0.3 is 10.6 Å². The molecule has 0 fully saturated rings. The van der Waals surface area contributed by atoms with Gasteiger partial charge in [0, 0.05) is 18.4 Å². The number of hydrogen-bond acceptors (Lipinski definition) is 3. The third kappa shape index (κ3) is 3.07. The van der Waals surface area contributed by atoms with E-state index >= 15 is 0 Å². The van der Waals surface area contributed by atoms with Gasteiger partial charge in [-0.25, -0.2) is 4.98 Å². The highest BCUT2D eigenvalue weighted by Gasteiger charge is 2.06. The SMILES string of the molecule is CCNc1ccc(C(=O)Nc2ccccc2)cn1. The summed E-state index contributed by atoms with van der Waals surface area (Å²) in [6, 6.07) is 12.9. The standard InChI is InChI=1S/C14H15N3O/c1-2-15-13-9-8-11(10-16-13)14(18)17-12-6-4-3-5-7-12/h3-10H,2H2,1H3,(H,15,16)(H,17,18). The number of pyridine rings is 1. The van der Waals surface area contributed by atoms with Crippen molar-refractivity contribution < 1.29 is 4.79 Å². The average molecular weight is 241 g/mol. The predicted molar refractivity (Wildman–Crippen MR) is 72.8 cm³/mol. The number of aromatic nitrogens is 1. The van der Waals surface area contributed by atoms with E-state index in [0.717, 1.165) is 18.1 Å². The Kier molecular flexibility index (Phi) is 3.91. The Bertz CT molecular complexity index is 508. The van der Waals surface area contributed by atoms with Crippen LogP contribution < -0.4 is 10.6 Å². The van der Waals surface area contributed by atoms with Gasteiger partial charge >= 0.3 is 0 Å². The van der Waals surface area contributed by atoms with Crippen LogP contribution in [-0.4, -0.2) is 17.4 Å². The van der Waals surface area contributed by atoms with Gasteiger partial charge in [0.15, 0.2) is 0 Å². The molecule has 2 rings (SSSR count). The molecule has 1 aromatic heterocycles. The predicted octanol–water partition coefficient (Wildman–Crippen LogP) is 2.77. The van der Waals surface area contributed by atoms with Gasteiger partial charge in [-0.2, -0.15) is 0 Å². The van der Waals surface area contributed by atoms with Crippen LogP contribution in [0, 0.1) is 0 Å². The minimum absolute atomic E-state index is 0.156. The van der Waals surface area contributed by atoms with Gasteiger partial charge in [-0.05, 0) is 31.2 Å². The summed E-state index contributed by atoms with van der Waals surface area (Å²) in [5.41, 5.74) is 1.32. The molecule has 1 aromatic carbocycles. The van der Waals surface area contributed by atoms with Crippen molar-refractivity contribution in [3.63, 3.8) is 0 Å². The minimum atomic E-state index is -0.156. The monoisotopic (exact) mass is 241 g/mol. The molecule has 2 N–H and O–H groups in total. The van der Waals surface area contributed by atoms with Gasteiger partial charge in [0.25, 0.3) is 5.91 Å². The van der Waals surface area contributed by atoms with E-state index in [1.54, 1.807) is 18.3 Å². The third-order valence-electron chi connectivity index (χ3n) is 2.42. The van der Waals surface area contributed by atoms with Crippen LogP contribution in [-0.2, 0) is 0 Å². The van der Waals surface area contributed by atoms with Gasteiger partial charge in [-0.1, -0.05) is 18.2 Å². The summed E-state index contributed by atoms with van der Waals surface area (Å²) in [5, 5.41) is 5.89. The zero-order valence-electron chi connectivity index (χ0n) is 10.2. The third-order valence-corrected chi connectivity index (χ3v) is 2.42. The zero-order chi connectivity index (χ0) is 12.8. The summed E-state index contributed by atoms with van der Waals surface area (Å²) in [6.45, 7) is 2.81. The van der Waals surface area contributed by atoms with E-state index in [-0.39, 0.29) is 5.91 Å². The Balaban J connectivity index is 2.05. The van der Waals surface area contributed by atoms with Crippen molar-refractivity contribution in [2.24, 2.45) is 0 Å². The molecule has 4 nitrogen and oxygen atoms in total. The molecule has 2 aromatic rings. The molecular weight excluding hydrogens is 226 g/mol. The van der Waals surface area contributed by atoms with E-state index in [2.05, 4.69) is 15.6 Å². The maximum Gasteiger partial charge on any atom is 0.257 e. The molecule has 0 aliphatic carbocycles. The molecule has 0 saturated carbocycles. The molecule has 4 heteroatoms. The van der Waals surface area contributed by atoms with E-state index in [4.69, 9.17) is 0 Å². The topological polar surface area (TPSA) is 54.0 Å². The van der Waals surface area contributed by atoms with E-state index in [1.165, 1.54) is 0 Å². The molecule has 1 amide bonds. The van der Waals surface area contributed by atoms with Crippen LogP contribution in [0.25, 0.3) is 0 Å². The van der Waals surface area contributed by atoms with E-state index in [0.29, 0.717) is 5.56 Å². The lowest BCUT2D eigenvalue weighted by Gasteiger charge is -2.06. The maximum atomic E-state index is 11.9. The molecule has 0 spiro atoms. The zero-order valence-corrected chi connectivity index (χ0v) is 10.2. The Hall–Kier alpha value is -2.36. The number of anilines is 2. The van der Waals surface area contributed by atoms with E-state index < -0.39 is 0 Å². The smallest absolute Gasteiger partial charge is 0.257 e. The van der Waals surface area contributed by atoms with Crippen LogP contribution in [0.2, 0.25) is 0 Å². The molecule has 0 atom stereocenters. The highest BCUT2D eigenvalue weighted by molar-refractivity contribution is 6.04. The number of amides is 1. The largest absolute Gasteiger partial charge is 0.370 e. The lowest BCUT2D eigenvalue weighted by molar-refractivity contribution is 0.102. The Labute approximate surface area is 106 Å². The molecule has 0 radical (unpaired) electrons. The second-order valence-electron chi connectivity index (χ2n) is 3.78. The maximum absolute atomic E-state index is 11.9. The number of rotatable bonds is 4. The van der Waals surface area contributed by atoms with Gasteiger partial charge in [0.05, 0.1) is 5.56 Å². The van der Waals surface area contributed by atoms with Gasteiger partial charge in [-0.15, -0.1) is 0 Å². The van der Waals surface area contributed by atoms with Crippen molar-refractivity contribution in [1.82, 2.24) is 4.98 Å². The number of hydrogen-bond donors (Lipinski definition) is 2. The Morgan fingerprint density at radius 1 is 1.17 bits per heavy atom. The first kappa shape index (κ1) is 12.1. The van der Waals surface area contributed by atoms with Crippen LogP contribution in [0.15, 0.2) is 48.7 Å². The average Bonchev–Trinajstić information content (AvgIpc) is 2.41. The van der Waals surface area contributed by atoms with Crippen molar-refractivity contribution in [2.45, 2.75) is 6.92 Å². The molecule has 18 heavy (non-hydrogen) atoms. The molecule has 0 saturated heterocycles. The van der Waals surface area contributed by atoms with Crippen LogP contribution in [0.4, 0.5) is 11.5 Å². The van der Waals surface area contributed by atoms with Crippen molar-refractivity contribution in [1.29, 1.82) is 0 Å². The summed E-state index contributed by atoms with van der Waals surface area (Å²) in [7, 11) is 0. The van der Waals surface area contributed by atoms with Crippen LogP contribution >= 0.6 is 0 Å². The summed E-state index contributed by atoms with van der Waals surface area (Å²) < 4.78 is 0. The normalized spacial score (nSPS) is 9.83. The first-order valence-electron chi connectivity index (χ1n) is 5.86. The number of nitrogens with zero attached hydrogens (tertiary/aromatic N) is 1. The number of benzene rings is 1. The number of para-hydroxylation sites is 1. The van der Waals surface area contributed by atoms with Crippen molar-refractivity contribution in [3.8, 4) is 0 Å². The molecule has 0 aliphatic heterocycles. The Morgan fingerprint density at radius 2 is 1.94 bits per heavy atom. The Morgan fingerprint density at radius 3 is 2.56 bits per heavy atom. The van der Waals surface area contributed by atoms with Crippen molar-refractivity contribution in [2.75, 3.05) is 17.2 Å².